The van der Waals surface area contributed by atoms with E-state index in [-0.39, 0.29) is 6.29 Å². The summed E-state index contributed by atoms with van der Waals surface area (Å²) < 4.78 is 16.4. The standard InChI is InChI=1S/C13H21NO3/c1-2-14(11-12-5-3-8-15-12)7-6-13-16-9-4-10-17-13/h3,5,8,13H,2,4,6-7,9-11H2,1H3. The van der Waals surface area contributed by atoms with Gasteiger partial charge in [0.05, 0.1) is 26.0 Å². The van der Waals surface area contributed by atoms with Crippen molar-refractivity contribution >= 4 is 0 Å². The molecule has 1 aliphatic rings. The first-order valence-corrected chi connectivity index (χ1v) is 6.36. The van der Waals surface area contributed by atoms with E-state index in [0.717, 1.165) is 51.4 Å². The highest BCUT2D eigenvalue weighted by atomic mass is 16.7. The summed E-state index contributed by atoms with van der Waals surface area (Å²) in [6, 6.07) is 3.94. The lowest BCUT2D eigenvalue weighted by molar-refractivity contribution is -0.182. The summed E-state index contributed by atoms with van der Waals surface area (Å²) in [6.07, 6.45) is 3.64. The Bertz CT molecular complexity index is 294. The van der Waals surface area contributed by atoms with Crippen LogP contribution in [0.1, 0.15) is 25.5 Å². The minimum absolute atomic E-state index is 0.0191. The zero-order chi connectivity index (χ0) is 11.9. The Kier molecular flexibility index (Phi) is 5.04. The van der Waals surface area contributed by atoms with E-state index in [9.17, 15) is 0 Å². The van der Waals surface area contributed by atoms with Crippen molar-refractivity contribution in [2.45, 2.75) is 32.6 Å². The Labute approximate surface area is 102 Å². The lowest BCUT2D eigenvalue weighted by Gasteiger charge is -2.26. The first-order valence-electron chi connectivity index (χ1n) is 6.36. The van der Waals surface area contributed by atoms with Crippen LogP contribution in [0.25, 0.3) is 0 Å². The number of hydrogen-bond acceptors (Lipinski definition) is 4. The average Bonchev–Trinajstić information content (AvgIpc) is 2.88. The second-order valence-electron chi connectivity index (χ2n) is 4.26. The van der Waals surface area contributed by atoms with E-state index < -0.39 is 0 Å². The maximum atomic E-state index is 5.54. The van der Waals surface area contributed by atoms with Gasteiger partial charge in [-0.3, -0.25) is 4.90 Å². The largest absolute Gasteiger partial charge is 0.468 e. The first-order chi connectivity index (χ1) is 8.38. The lowest BCUT2D eigenvalue weighted by atomic mass is 10.3. The molecule has 0 atom stereocenters. The van der Waals surface area contributed by atoms with E-state index in [1.807, 2.05) is 12.1 Å². The van der Waals surface area contributed by atoms with Crippen LogP contribution in [0.5, 0.6) is 0 Å². The van der Waals surface area contributed by atoms with E-state index >= 15 is 0 Å². The quantitative estimate of drug-likeness (QED) is 0.762. The molecule has 1 aromatic heterocycles. The molecule has 0 bridgehead atoms. The second kappa shape index (κ2) is 6.79. The Hall–Kier alpha value is -0.840. The molecule has 1 saturated heterocycles. The Morgan fingerprint density at radius 2 is 2.18 bits per heavy atom. The summed E-state index contributed by atoms with van der Waals surface area (Å²) in [7, 11) is 0. The first kappa shape index (κ1) is 12.6. The zero-order valence-electron chi connectivity index (χ0n) is 10.4. The van der Waals surface area contributed by atoms with Crippen molar-refractivity contribution in [2.75, 3.05) is 26.3 Å². The summed E-state index contributed by atoms with van der Waals surface area (Å²) in [5, 5.41) is 0. The second-order valence-corrected chi connectivity index (χ2v) is 4.26. The molecule has 2 rings (SSSR count). The Morgan fingerprint density at radius 3 is 2.82 bits per heavy atom. The van der Waals surface area contributed by atoms with E-state index in [1.165, 1.54) is 0 Å². The maximum absolute atomic E-state index is 5.54. The molecule has 1 fully saturated rings. The molecule has 4 nitrogen and oxygen atoms in total. The molecule has 4 heteroatoms. The van der Waals surface area contributed by atoms with Gasteiger partial charge in [0.2, 0.25) is 0 Å². The van der Waals surface area contributed by atoms with Crippen LogP contribution >= 0.6 is 0 Å². The minimum atomic E-state index is -0.0191. The highest BCUT2D eigenvalue weighted by molar-refractivity contribution is 4.97. The van der Waals surface area contributed by atoms with E-state index in [4.69, 9.17) is 13.9 Å². The summed E-state index contributed by atoms with van der Waals surface area (Å²) in [5.74, 6) is 1.01. The molecule has 1 aromatic rings. The van der Waals surface area contributed by atoms with Crippen molar-refractivity contribution < 1.29 is 13.9 Å². The smallest absolute Gasteiger partial charge is 0.158 e. The highest BCUT2D eigenvalue weighted by Crippen LogP contribution is 2.11. The predicted octanol–water partition coefficient (Wildman–Crippen LogP) is 2.25. The maximum Gasteiger partial charge on any atom is 0.158 e. The minimum Gasteiger partial charge on any atom is -0.468 e. The van der Waals surface area contributed by atoms with Crippen LogP contribution < -0.4 is 0 Å². The van der Waals surface area contributed by atoms with E-state index in [0.29, 0.717) is 0 Å². The molecule has 0 radical (unpaired) electrons. The Morgan fingerprint density at radius 1 is 1.35 bits per heavy atom. The third-order valence-electron chi connectivity index (χ3n) is 2.98. The lowest BCUT2D eigenvalue weighted by Crippen LogP contribution is -2.31. The number of nitrogens with zero attached hydrogens (tertiary/aromatic N) is 1. The molecule has 0 aliphatic carbocycles. The molecule has 0 aromatic carbocycles. The molecule has 0 amide bonds. The van der Waals surface area contributed by atoms with Crippen LogP contribution in [0, 0.1) is 0 Å². The molecular weight excluding hydrogens is 218 g/mol. The van der Waals surface area contributed by atoms with Crippen molar-refractivity contribution in [3.63, 3.8) is 0 Å². The molecule has 0 spiro atoms. The fourth-order valence-electron chi connectivity index (χ4n) is 1.96. The van der Waals surface area contributed by atoms with Crippen LogP contribution in [0.2, 0.25) is 0 Å². The van der Waals surface area contributed by atoms with E-state index in [1.54, 1.807) is 6.26 Å². The number of furan rings is 1. The van der Waals surface area contributed by atoms with Gasteiger partial charge >= 0.3 is 0 Å². The fraction of sp³-hybridized carbons (Fsp3) is 0.692. The molecule has 0 unspecified atom stereocenters. The van der Waals surface area contributed by atoms with Gasteiger partial charge in [0.25, 0.3) is 0 Å². The van der Waals surface area contributed by atoms with Gasteiger partial charge in [-0.15, -0.1) is 0 Å². The van der Waals surface area contributed by atoms with Gasteiger partial charge in [0.1, 0.15) is 5.76 Å². The molecule has 2 heterocycles. The molecule has 1 aliphatic heterocycles. The van der Waals surface area contributed by atoms with Crippen molar-refractivity contribution in [2.24, 2.45) is 0 Å². The van der Waals surface area contributed by atoms with Gasteiger partial charge in [-0.2, -0.15) is 0 Å². The third kappa shape index (κ3) is 4.15. The highest BCUT2D eigenvalue weighted by Gasteiger charge is 2.15. The molecule has 17 heavy (non-hydrogen) atoms. The van der Waals surface area contributed by atoms with Gasteiger partial charge < -0.3 is 13.9 Å². The molecule has 0 saturated carbocycles. The van der Waals surface area contributed by atoms with Crippen molar-refractivity contribution in [1.82, 2.24) is 4.90 Å². The average molecular weight is 239 g/mol. The SMILES string of the molecule is CCN(CCC1OCCCO1)Cc1ccco1. The molecular formula is C13H21NO3. The molecule has 96 valence electrons. The van der Waals surface area contributed by atoms with Crippen LogP contribution in [-0.4, -0.2) is 37.5 Å². The third-order valence-corrected chi connectivity index (χ3v) is 2.98. The van der Waals surface area contributed by atoms with Crippen LogP contribution in [-0.2, 0) is 16.0 Å². The van der Waals surface area contributed by atoms with E-state index in [2.05, 4.69) is 11.8 Å². The van der Waals surface area contributed by atoms with Crippen LogP contribution in [0.3, 0.4) is 0 Å². The zero-order valence-corrected chi connectivity index (χ0v) is 10.4. The summed E-state index contributed by atoms with van der Waals surface area (Å²) in [4.78, 5) is 2.33. The van der Waals surface area contributed by atoms with Crippen LogP contribution in [0.4, 0.5) is 0 Å². The number of hydrogen-bond donors (Lipinski definition) is 0. The van der Waals surface area contributed by atoms with Crippen LogP contribution in [0.15, 0.2) is 22.8 Å². The number of ether oxygens (including phenoxy) is 2. The van der Waals surface area contributed by atoms with Gasteiger partial charge in [0, 0.05) is 13.0 Å². The van der Waals surface area contributed by atoms with Crippen molar-refractivity contribution in [3.8, 4) is 0 Å². The van der Waals surface area contributed by atoms with Crippen molar-refractivity contribution in [3.05, 3.63) is 24.2 Å². The van der Waals surface area contributed by atoms with Gasteiger partial charge in [-0.05, 0) is 25.1 Å². The molecule has 0 N–H and O–H groups in total. The topological polar surface area (TPSA) is 34.8 Å². The van der Waals surface area contributed by atoms with Crippen molar-refractivity contribution in [1.29, 1.82) is 0 Å². The predicted molar refractivity (Wildman–Crippen MR) is 64.6 cm³/mol. The normalized spacial score (nSPS) is 17.8. The van der Waals surface area contributed by atoms with Gasteiger partial charge in [0.15, 0.2) is 6.29 Å². The summed E-state index contributed by atoms with van der Waals surface area (Å²) in [5.41, 5.74) is 0. The monoisotopic (exact) mass is 239 g/mol. The number of rotatable bonds is 6. The summed E-state index contributed by atoms with van der Waals surface area (Å²) in [6.45, 7) is 6.65. The fourth-order valence-corrected chi connectivity index (χ4v) is 1.96. The van der Waals surface area contributed by atoms with Gasteiger partial charge in [-0.1, -0.05) is 6.92 Å². The Balaban J connectivity index is 1.71. The summed E-state index contributed by atoms with van der Waals surface area (Å²) >= 11 is 0. The van der Waals surface area contributed by atoms with Gasteiger partial charge in [-0.25, -0.2) is 0 Å².